The highest BCUT2D eigenvalue weighted by atomic mass is 127. The van der Waals surface area contributed by atoms with Crippen LogP contribution >= 0.6 is 22.6 Å². The van der Waals surface area contributed by atoms with Crippen molar-refractivity contribution in [1.29, 1.82) is 5.26 Å². The minimum absolute atomic E-state index is 0.0455. The third-order valence-corrected chi connectivity index (χ3v) is 5.62. The molecule has 0 spiro atoms. The van der Waals surface area contributed by atoms with Gasteiger partial charge in [0.1, 0.15) is 24.0 Å². The second kappa shape index (κ2) is 10.3. The fourth-order valence-corrected chi connectivity index (χ4v) is 3.72. The SMILES string of the molecule is Cc1ccc(COc2ccc(/C=C(\C#N)C(=O)Nc3ccc(C)cc3C)cc2I)cc1. The number of rotatable bonds is 6. The largest absolute Gasteiger partial charge is 0.488 e. The maximum atomic E-state index is 12.6. The van der Waals surface area contributed by atoms with Gasteiger partial charge in [-0.05, 0) is 84.3 Å². The number of aryl methyl sites for hydroxylation is 3. The van der Waals surface area contributed by atoms with Crippen LogP contribution in [0.5, 0.6) is 5.75 Å². The fourth-order valence-electron chi connectivity index (χ4n) is 3.03. The van der Waals surface area contributed by atoms with Crippen LogP contribution in [0, 0.1) is 35.7 Å². The number of nitrogens with zero attached hydrogens (tertiary/aromatic N) is 1. The molecule has 0 radical (unpaired) electrons. The van der Waals surface area contributed by atoms with Gasteiger partial charge in [0.25, 0.3) is 5.91 Å². The van der Waals surface area contributed by atoms with E-state index in [1.165, 1.54) is 5.56 Å². The van der Waals surface area contributed by atoms with Gasteiger partial charge in [-0.3, -0.25) is 4.79 Å². The van der Waals surface area contributed by atoms with E-state index in [9.17, 15) is 10.1 Å². The maximum Gasteiger partial charge on any atom is 0.266 e. The minimum Gasteiger partial charge on any atom is -0.488 e. The standard InChI is InChI=1S/C26H23IN2O2/c1-17-4-7-20(8-5-17)16-31-25-11-9-21(14-23(25)27)13-22(15-28)26(30)29-24-10-6-18(2)12-19(24)3/h4-14H,16H2,1-3H3,(H,29,30)/b22-13+. The van der Waals surface area contributed by atoms with Crippen LogP contribution in [0.3, 0.4) is 0 Å². The van der Waals surface area contributed by atoms with E-state index in [4.69, 9.17) is 4.74 Å². The van der Waals surface area contributed by atoms with Gasteiger partial charge in [0.15, 0.2) is 0 Å². The molecule has 5 heteroatoms. The second-order valence-corrected chi connectivity index (χ2v) is 8.57. The molecule has 0 unspecified atom stereocenters. The van der Waals surface area contributed by atoms with Crippen LogP contribution in [-0.4, -0.2) is 5.91 Å². The Morgan fingerprint density at radius 3 is 2.39 bits per heavy atom. The Labute approximate surface area is 196 Å². The number of carbonyl (C=O) groups excluding carboxylic acids is 1. The molecule has 0 aromatic heterocycles. The Hall–Kier alpha value is -3.11. The Bertz CT molecular complexity index is 1180. The number of halogens is 1. The molecule has 3 rings (SSSR count). The molecule has 0 atom stereocenters. The number of nitrogens with one attached hydrogen (secondary N) is 1. The van der Waals surface area contributed by atoms with Crippen LogP contribution in [0.4, 0.5) is 5.69 Å². The summed E-state index contributed by atoms with van der Waals surface area (Å²) in [5, 5.41) is 12.3. The van der Waals surface area contributed by atoms with Gasteiger partial charge in [-0.2, -0.15) is 5.26 Å². The van der Waals surface area contributed by atoms with E-state index in [0.717, 1.165) is 31.6 Å². The van der Waals surface area contributed by atoms with Gasteiger partial charge >= 0.3 is 0 Å². The number of carbonyl (C=O) groups is 1. The van der Waals surface area contributed by atoms with Crippen molar-refractivity contribution in [2.24, 2.45) is 0 Å². The van der Waals surface area contributed by atoms with E-state index >= 15 is 0 Å². The van der Waals surface area contributed by atoms with Crippen LogP contribution < -0.4 is 10.1 Å². The van der Waals surface area contributed by atoms with Crippen molar-refractivity contribution in [2.45, 2.75) is 27.4 Å². The molecule has 0 saturated carbocycles. The van der Waals surface area contributed by atoms with E-state index in [-0.39, 0.29) is 5.57 Å². The van der Waals surface area contributed by atoms with Gasteiger partial charge in [0.2, 0.25) is 0 Å². The van der Waals surface area contributed by atoms with Crippen molar-refractivity contribution in [1.82, 2.24) is 0 Å². The van der Waals surface area contributed by atoms with Crippen molar-refractivity contribution < 1.29 is 9.53 Å². The van der Waals surface area contributed by atoms with Crippen LogP contribution in [0.2, 0.25) is 0 Å². The molecule has 31 heavy (non-hydrogen) atoms. The molecular weight excluding hydrogens is 499 g/mol. The lowest BCUT2D eigenvalue weighted by atomic mass is 10.1. The van der Waals surface area contributed by atoms with Gasteiger partial charge in [0, 0.05) is 5.69 Å². The predicted molar refractivity (Wildman–Crippen MR) is 133 cm³/mol. The molecule has 0 bridgehead atoms. The first-order chi connectivity index (χ1) is 14.9. The van der Waals surface area contributed by atoms with Gasteiger partial charge in [-0.15, -0.1) is 0 Å². The van der Waals surface area contributed by atoms with Crippen molar-refractivity contribution >= 4 is 40.3 Å². The quantitative estimate of drug-likeness (QED) is 0.234. The number of ether oxygens (including phenoxy) is 1. The molecule has 1 N–H and O–H groups in total. The molecule has 0 aliphatic heterocycles. The van der Waals surface area contributed by atoms with Crippen molar-refractivity contribution in [2.75, 3.05) is 5.32 Å². The summed E-state index contributed by atoms with van der Waals surface area (Å²) in [5.41, 5.74) is 5.89. The molecule has 4 nitrogen and oxygen atoms in total. The number of benzene rings is 3. The topological polar surface area (TPSA) is 62.1 Å². The molecule has 3 aromatic carbocycles. The van der Waals surface area contributed by atoms with E-state index in [1.807, 2.05) is 68.4 Å². The third kappa shape index (κ3) is 6.19. The summed E-state index contributed by atoms with van der Waals surface area (Å²) in [6, 6.07) is 21.6. The number of nitriles is 1. The van der Waals surface area contributed by atoms with Gasteiger partial charge in [-0.25, -0.2) is 0 Å². The van der Waals surface area contributed by atoms with Gasteiger partial charge < -0.3 is 10.1 Å². The first-order valence-electron chi connectivity index (χ1n) is 9.84. The zero-order chi connectivity index (χ0) is 22.4. The molecule has 1 amide bonds. The second-order valence-electron chi connectivity index (χ2n) is 7.41. The van der Waals surface area contributed by atoms with Crippen LogP contribution in [-0.2, 0) is 11.4 Å². The lowest BCUT2D eigenvalue weighted by Gasteiger charge is -2.10. The molecule has 0 aliphatic rings. The average molecular weight is 522 g/mol. The molecule has 0 fully saturated rings. The smallest absolute Gasteiger partial charge is 0.266 e. The molecular formula is C26H23IN2O2. The number of hydrogen-bond acceptors (Lipinski definition) is 3. The average Bonchev–Trinajstić information content (AvgIpc) is 2.74. The Balaban J connectivity index is 1.71. The van der Waals surface area contributed by atoms with Crippen LogP contribution in [0.1, 0.15) is 27.8 Å². The Morgan fingerprint density at radius 2 is 1.74 bits per heavy atom. The van der Waals surface area contributed by atoms with Gasteiger partial charge in [0.05, 0.1) is 3.57 Å². The van der Waals surface area contributed by atoms with E-state index in [0.29, 0.717) is 12.3 Å². The summed E-state index contributed by atoms with van der Waals surface area (Å²) < 4.78 is 6.83. The lowest BCUT2D eigenvalue weighted by Crippen LogP contribution is -2.14. The summed E-state index contributed by atoms with van der Waals surface area (Å²) in [6.45, 7) is 6.45. The van der Waals surface area contributed by atoms with Crippen molar-refractivity contribution in [3.8, 4) is 11.8 Å². The summed E-state index contributed by atoms with van der Waals surface area (Å²) in [5.74, 6) is 0.334. The number of amides is 1. The Morgan fingerprint density at radius 1 is 1.03 bits per heavy atom. The van der Waals surface area contributed by atoms with Gasteiger partial charge in [-0.1, -0.05) is 53.6 Å². The zero-order valence-corrected chi connectivity index (χ0v) is 19.9. The molecule has 3 aromatic rings. The molecule has 0 saturated heterocycles. The van der Waals surface area contributed by atoms with E-state index < -0.39 is 5.91 Å². The lowest BCUT2D eigenvalue weighted by molar-refractivity contribution is -0.112. The highest BCUT2D eigenvalue weighted by molar-refractivity contribution is 14.1. The summed E-state index contributed by atoms with van der Waals surface area (Å²) in [7, 11) is 0. The summed E-state index contributed by atoms with van der Waals surface area (Å²) >= 11 is 2.20. The molecule has 0 aliphatic carbocycles. The van der Waals surface area contributed by atoms with Crippen molar-refractivity contribution in [3.05, 3.63) is 97.6 Å². The Kier molecular flexibility index (Phi) is 7.48. The van der Waals surface area contributed by atoms with Crippen molar-refractivity contribution in [3.63, 3.8) is 0 Å². The third-order valence-electron chi connectivity index (χ3n) is 4.78. The highest BCUT2D eigenvalue weighted by Crippen LogP contribution is 2.25. The van der Waals surface area contributed by atoms with Crippen LogP contribution in [0.25, 0.3) is 6.08 Å². The zero-order valence-electron chi connectivity index (χ0n) is 17.7. The maximum absolute atomic E-state index is 12.6. The number of hydrogen-bond donors (Lipinski definition) is 1. The number of anilines is 1. The highest BCUT2D eigenvalue weighted by Gasteiger charge is 2.12. The summed E-state index contributed by atoms with van der Waals surface area (Å²) in [4.78, 5) is 12.6. The molecule has 0 heterocycles. The normalized spacial score (nSPS) is 11.0. The van der Waals surface area contributed by atoms with E-state index in [1.54, 1.807) is 6.08 Å². The predicted octanol–water partition coefficient (Wildman–Crippen LogP) is 6.34. The minimum atomic E-state index is -0.427. The van der Waals surface area contributed by atoms with Crippen LogP contribution in [0.15, 0.2) is 66.2 Å². The fraction of sp³-hybridized carbons (Fsp3) is 0.154. The monoisotopic (exact) mass is 522 g/mol. The molecule has 156 valence electrons. The van der Waals surface area contributed by atoms with E-state index in [2.05, 4.69) is 47.0 Å². The summed E-state index contributed by atoms with van der Waals surface area (Å²) in [6.07, 6.45) is 1.59. The first-order valence-corrected chi connectivity index (χ1v) is 10.9. The first kappa shape index (κ1) is 22.6.